The molecular weight excluding hydrogens is 74.1 g/mol. The molecule has 0 unspecified atom stereocenters. The molecule has 32 valence electrons. The van der Waals surface area contributed by atoms with Crippen molar-refractivity contribution in [1.82, 2.24) is 0 Å². The van der Waals surface area contributed by atoms with Gasteiger partial charge in [0.05, 0.1) is 6.07 Å². The Kier molecular flexibility index (Phi) is 3.69. The van der Waals surface area contributed by atoms with Crippen LogP contribution in [0.2, 0.25) is 0 Å². The fourth-order valence-electron chi connectivity index (χ4n) is 0.167. The molecule has 0 saturated heterocycles. The number of rotatable bonds is 2. The highest BCUT2D eigenvalue weighted by atomic mass is 14.2. The topological polar surface area (TPSA) is 23.8 Å². The lowest BCUT2D eigenvalue weighted by Crippen LogP contribution is -1.57. The summed E-state index contributed by atoms with van der Waals surface area (Å²) in [4.78, 5) is 0. The Morgan fingerprint density at radius 2 is 2.67 bits per heavy atom. The van der Waals surface area contributed by atoms with Crippen LogP contribution in [0.5, 0.6) is 0 Å². The molecule has 0 saturated carbocycles. The maximum Gasteiger partial charge on any atom is 1.00 e. The largest absolute Gasteiger partial charge is 1.00 e. The Balaban J connectivity index is 0. The molecule has 0 bridgehead atoms. The molecule has 0 aliphatic carbocycles. The fourth-order valence-corrected chi connectivity index (χ4v) is 0.167. The third-order valence-electron chi connectivity index (χ3n) is 0.460. The Bertz CT molecular complexity index is 72.6. The summed E-state index contributed by atoms with van der Waals surface area (Å²) in [6.45, 7) is 3.45. The predicted octanol–water partition coefficient (Wildman–Crippen LogP) is 1.59. The van der Waals surface area contributed by atoms with Crippen molar-refractivity contribution in [2.45, 2.75) is 12.8 Å². The standard InChI is InChI=1S/C5H7N/c1-2-3-4-5-6/h2H,1,3-4H2/p+1. The molecule has 0 aliphatic rings. The van der Waals surface area contributed by atoms with Crippen LogP contribution in [0.1, 0.15) is 14.3 Å². The van der Waals surface area contributed by atoms with Crippen LogP contribution in [0.15, 0.2) is 12.7 Å². The monoisotopic (exact) mass is 82.1 g/mol. The molecule has 1 nitrogen and oxygen atoms in total. The van der Waals surface area contributed by atoms with Gasteiger partial charge in [0.15, 0.2) is 0 Å². The maximum absolute atomic E-state index is 7.90. The zero-order valence-electron chi connectivity index (χ0n) is 4.65. The van der Waals surface area contributed by atoms with Gasteiger partial charge < -0.3 is 0 Å². The second kappa shape index (κ2) is 4.23. The summed E-state index contributed by atoms with van der Waals surface area (Å²) >= 11 is 0. The van der Waals surface area contributed by atoms with E-state index in [2.05, 4.69) is 6.58 Å². The third kappa shape index (κ3) is 3.23. The van der Waals surface area contributed by atoms with Crippen LogP contribution >= 0.6 is 0 Å². The quantitative estimate of drug-likeness (QED) is 0.366. The Labute approximate surface area is 39.4 Å². The summed E-state index contributed by atoms with van der Waals surface area (Å²) in [5.41, 5.74) is 0. The van der Waals surface area contributed by atoms with E-state index in [1.165, 1.54) is 0 Å². The van der Waals surface area contributed by atoms with Crippen molar-refractivity contribution in [1.29, 1.82) is 5.26 Å². The van der Waals surface area contributed by atoms with Gasteiger partial charge in [0.25, 0.3) is 0 Å². The molecule has 1 heteroatoms. The van der Waals surface area contributed by atoms with Gasteiger partial charge in [0.2, 0.25) is 0 Å². The van der Waals surface area contributed by atoms with E-state index in [1.807, 2.05) is 6.07 Å². The number of hydrogen-bond acceptors (Lipinski definition) is 1. The van der Waals surface area contributed by atoms with Gasteiger partial charge in [-0.3, -0.25) is 0 Å². The molecular formula is C5H8N+. The highest BCUT2D eigenvalue weighted by molar-refractivity contribution is 4.76. The zero-order valence-corrected chi connectivity index (χ0v) is 3.65. The number of hydrogen-bond donors (Lipinski definition) is 0. The van der Waals surface area contributed by atoms with E-state index in [9.17, 15) is 0 Å². The van der Waals surface area contributed by atoms with Crippen LogP contribution in [0, 0.1) is 11.3 Å². The van der Waals surface area contributed by atoms with Gasteiger partial charge in [0, 0.05) is 6.42 Å². The van der Waals surface area contributed by atoms with Gasteiger partial charge in [-0.15, -0.1) is 6.58 Å². The van der Waals surface area contributed by atoms with Crippen molar-refractivity contribution in [3.8, 4) is 6.07 Å². The van der Waals surface area contributed by atoms with Gasteiger partial charge >= 0.3 is 1.43 Å². The molecule has 0 N–H and O–H groups in total. The third-order valence-corrected chi connectivity index (χ3v) is 0.460. The number of nitriles is 1. The van der Waals surface area contributed by atoms with Crippen LogP contribution in [0.4, 0.5) is 0 Å². The SMILES string of the molecule is C=CCCC#N.[H+]. The number of nitrogens with zero attached hydrogens (tertiary/aromatic N) is 1. The highest BCUT2D eigenvalue weighted by Crippen LogP contribution is 1.82. The molecule has 0 atom stereocenters. The first-order valence-electron chi connectivity index (χ1n) is 1.89. The Hall–Kier alpha value is -0.770. The second-order valence-electron chi connectivity index (χ2n) is 0.985. The van der Waals surface area contributed by atoms with E-state index in [1.54, 1.807) is 6.08 Å². The van der Waals surface area contributed by atoms with Crippen molar-refractivity contribution < 1.29 is 1.43 Å². The lowest BCUT2D eigenvalue weighted by atomic mass is 10.3. The fraction of sp³-hybridized carbons (Fsp3) is 0.400. The average Bonchev–Trinajstić information content (AvgIpc) is 1.61. The predicted molar refractivity (Wildman–Crippen MR) is 26.2 cm³/mol. The number of allylic oxidation sites excluding steroid dienone is 1. The van der Waals surface area contributed by atoms with Crippen LogP contribution in [0.25, 0.3) is 0 Å². The minimum Gasteiger partial charge on any atom is -0.198 e. The van der Waals surface area contributed by atoms with Crippen molar-refractivity contribution in [3.63, 3.8) is 0 Å². The first-order valence-corrected chi connectivity index (χ1v) is 1.89. The van der Waals surface area contributed by atoms with E-state index < -0.39 is 0 Å². The van der Waals surface area contributed by atoms with Crippen LogP contribution in [-0.2, 0) is 0 Å². The van der Waals surface area contributed by atoms with E-state index in [4.69, 9.17) is 5.26 Å². The van der Waals surface area contributed by atoms with Gasteiger partial charge in [-0.05, 0) is 6.42 Å². The van der Waals surface area contributed by atoms with Crippen molar-refractivity contribution >= 4 is 0 Å². The normalized spacial score (nSPS) is 6.50. The first kappa shape index (κ1) is 5.23. The molecule has 0 aromatic heterocycles. The van der Waals surface area contributed by atoms with Gasteiger partial charge in [-0.25, -0.2) is 0 Å². The van der Waals surface area contributed by atoms with Crippen LogP contribution < -0.4 is 0 Å². The number of unbranched alkanes of at least 4 members (excludes halogenated alkanes) is 1. The second-order valence-corrected chi connectivity index (χ2v) is 0.985. The summed E-state index contributed by atoms with van der Waals surface area (Å²) in [5, 5.41) is 7.90. The van der Waals surface area contributed by atoms with Crippen LogP contribution in [-0.4, -0.2) is 0 Å². The molecule has 0 aromatic rings. The molecule has 0 aromatic carbocycles. The van der Waals surface area contributed by atoms with E-state index in [0.29, 0.717) is 6.42 Å². The smallest absolute Gasteiger partial charge is 0.198 e. The molecule has 0 aliphatic heterocycles. The summed E-state index contributed by atoms with van der Waals surface area (Å²) in [6, 6.07) is 2.00. The maximum atomic E-state index is 7.90. The molecule has 0 fully saturated rings. The Morgan fingerprint density at radius 3 is 2.83 bits per heavy atom. The summed E-state index contributed by atoms with van der Waals surface area (Å²) < 4.78 is 0. The average molecular weight is 82.1 g/mol. The van der Waals surface area contributed by atoms with Gasteiger partial charge in [-0.1, -0.05) is 6.08 Å². The summed E-state index contributed by atoms with van der Waals surface area (Å²) in [5.74, 6) is 0. The highest BCUT2D eigenvalue weighted by Gasteiger charge is 1.69. The Morgan fingerprint density at radius 1 is 2.00 bits per heavy atom. The van der Waals surface area contributed by atoms with Crippen molar-refractivity contribution in [2.75, 3.05) is 0 Å². The van der Waals surface area contributed by atoms with Crippen LogP contribution in [0.3, 0.4) is 0 Å². The van der Waals surface area contributed by atoms with Crippen molar-refractivity contribution in [2.24, 2.45) is 0 Å². The summed E-state index contributed by atoms with van der Waals surface area (Å²) in [7, 11) is 0. The minimum absolute atomic E-state index is 0. The first-order chi connectivity index (χ1) is 2.91. The molecule has 0 heterocycles. The van der Waals surface area contributed by atoms with E-state index in [0.717, 1.165) is 6.42 Å². The van der Waals surface area contributed by atoms with Gasteiger partial charge in [-0.2, -0.15) is 5.26 Å². The molecule has 0 rings (SSSR count). The lowest BCUT2D eigenvalue weighted by molar-refractivity contribution is 1.07. The molecule has 0 spiro atoms. The van der Waals surface area contributed by atoms with E-state index in [-0.39, 0.29) is 1.43 Å². The zero-order chi connectivity index (χ0) is 4.83. The van der Waals surface area contributed by atoms with Gasteiger partial charge in [0.1, 0.15) is 0 Å². The summed E-state index contributed by atoms with van der Waals surface area (Å²) in [6.07, 6.45) is 3.16. The lowest BCUT2D eigenvalue weighted by Gasteiger charge is -1.70. The minimum atomic E-state index is 0. The van der Waals surface area contributed by atoms with E-state index >= 15 is 0 Å². The molecule has 6 heavy (non-hydrogen) atoms. The molecule has 0 amide bonds. The van der Waals surface area contributed by atoms with Crippen molar-refractivity contribution in [3.05, 3.63) is 12.7 Å². The molecule has 0 radical (unpaired) electrons.